The molecule has 2 aliphatic rings. The van der Waals surface area contributed by atoms with Crippen LogP contribution in [0.2, 0.25) is 0 Å². The standard InChI is InChI=1S/C19H33N7O.HI/c1-24-7-9-26(10-8-24)18-4-3-17(15-22-18)16-23-19(20)21-5-2-6-25-11-13-27-14-12-25;/h3-4,15H,2,5-14,16H2,1H3,(H3,20,21,23);1H. The first kappa shape index (κ1) is 23.1. The third-order valence-electron chi connectivity index (χ3n) is 5.13. The van der Waals surface area contributed by atoms with E-state index in [9.17, 15) is 0 Å². The zero-order chi connectivity index (χ0) is 18.9. The second-order valence-corrected chi connectivity index (χ2v) is 7.25. The molecule has 158 valence electrons. The van der Waals surface area contributed by atoms with Gasteiger partial charge in [-0.05, 0) is 31.6 Å². The topological polar surface area (TPSA) is 82.2 Å². The van der Waals surface area contributed by atoms with E-state index in [-0.39, 0.29) is 24.0 Å². The van der Waals surface area contributed by atoms with E-state index >= 15 is 0 Å². The Bertz CT molecular complexity index is 584. The Kier molecular flexibility index (Phi) is 10.2. The van der Waals surface area contributed by atoms with Gasteiger partial charge in [0.2, 0.25) is 0 Å². The Morgan fingerprint density at radius 2 is 1.93 bits per heavy atom. The van der Waals surface area contributed by atoms with Gasteiger partial charge in [0.1, 0.15) is 5.82 Å². The highest BCUT2D eigenvalue weighted by molar-refractivity contribution is 14.0. The molecule has 0 radical (unpaired) electrons. The summed E-state index contributed by atoms with van der Waals surface area (Å²) in [5.41, 5.74) is 7.05. The van der Waals surface area contributed by atoms with Crippen molar-refractivity contribution < 1.29 is 4.74 Å². The molecule has 0 saturated carbocycles. The minimum atomic E-state index is 0. The highest BCUT2D eigenvalue weighted by Crippen LogP contribution is 2.13. The summed E-state index contributed by atoms with van der Waals surface area (Å²) in [4.78, 5) is 16.1. The number of guanidine groups is 1. The molecule has 0 aliphatic carbocycles. The lowest BCUT2D eigenvalue weighted by molar-refractivity contribution is 0.0376. The van der Waals surface area contributed by atoms with Gasteiger partial charge in [-0.25, -0.2) is 9.98 Å². The van der Waals surface area contributed by atoms with Gasteiger partial charge in [0.15, 0.2) is 5.96 Å². The van der Waals surface area contributed by atoms with Crippen LogP contribution in [0.15, 0.2) is 23.3 Å². The van der Waals surface area contributed by atoms with Crippen LogP contribution < -0.4 is 16.0 Å². The largest absolute Gasteiger partial charge is 0.379 e. The molecule has 0 amide bonds. The van der Waals surface area contributed by atoms with Crippen molar-refractivity contribution in [1.82, 2.24) is 20.1 Å². The predicted molar refractivity (Wildman–Crippen MR) is 125 cm³/mol. The Morgan fingerprint density at radius 3 is 2.61 bits per heavy atom. The van der Waals surface area contributed by atoms with E-state index in [1.807, 2.05) is 6.20 Å². The van der Waals surface area contributed by atoms with E-state index < -0.39 is 0 Å². The van der Waals surface area contributed by atoms with E-state index in [4.69, 9.17) is 10.5 Å². The normalized spacial score (nSPS) is 19.3. The first-order valence-corrected chi connectivity index (χ1v) is 9.93. The quantitative estimate of drug-likeness (QED) is 0.244. The molecule has 2 aliphatic heterocycles. The number of rotatable bonds is 7. The van der Waals surface area contributed by atoms with Crippen molar-refractivity contribution >= 4 is 35.8 Å². The molecule has 2 saturated heterocycles. The number of aliphatic imine (C=N–C) groups is 1. The summed E-state index contributed by atoms with van der Waals surface area (Å²) in [6.45, 7) is 10.4. The van der Waals surface area contributed by atoms with Gasteiger partial charge in [-0.3, -0.25) is 4.90 Å². The van der Waals surface area contributed by atoms with Crippen molar-refractivity contribution in [2.75, 3.05) is 77.5 Å². The van der Waals surface area contributed by atoms with Gasteiger partial charge < -0.3 is 25.6 Å². The van der Waals surface area contributed by atoms with Crippen molar-refractivity contribution in [2.45, 2.75) is 13.0 Å². The number of piperazine rings is 1. The number of aromatic nitrogens is 1. The lowest BCUT2D eigenvalue weighted by atomic mass is 10.2. The SMILES string of the molecule is CN1CCN(c2ccc(CN=C(N)NCCCN3CCOCC3)cn2)CC1.I. The number of nitrogens with two attached hydrogens (primary N) is 1. The molecule has 8 nitrogen and oxygen atoms in total. The molecule has 0 spiro atoms. The van der Waals surface area contributed by atoms with Crippen molar-refractivity contribution in [2.24, 2.45) is 10.7 Å². The lowest BCUT2D eigenvalue weighted by Crippen LogP contribution is -2.44. The van der Waals surface area contributed by atoms with Gasteiger partial charge in [0.05, 0.1) is 19.8 Å². The van der Waals surface area contributed by atoms with Gasteiger partial charge in [-0.15, -0.1) is 24.0 Å². The van der Waals surface area contributed by atoms with Crippen molar-refractivity contribution in [3.8, 4) is 0 Å². The number of hydrogen-bond acceptors (Lipinski definition) is 6. The molecule has 1 aromatic rings. The number of pyridine rings is 1. The van der Waals surface area contributed by atoms with Gasteiger partial charge >= 0.3 is 0 Å². The van der Waals surface area contributed by atoms with E-state index in [2.05, 4.69) is 49.2 Å². The predicted octanol–water partition coefficient (Wildman–Crippen LogP) is 0.578. The smallest absolute Gasteiger partial charge is 0.188 e. The number of nitrogens with zero attached hydrogens (tertiary/aromatic N) is 5. The molecule has 0 aromatic carbocycles. The van der Waals surface area contributed by atoms with Crippen LogP contribution in [0.3, 0.4) is 0 Å². The Hall–Kier alpha value is -1.17. The molecule has 0 unspecified atom stereocenters. The third kappa shape index (κ3) is 7.69. The second kappa shape index (κ2) is 12.4. The molecule has 1 aromatic heterocycles. The fraction of sp³-hybridized carbons (Fsp3) is 0.684. The maximum Gasteiger partial charge on any atom is 0.188 e. The number of anilines is 1. The summed E-state index contributed by atoms with van der Waals surface area (Å²) in [5, 5.41) is 3.20. The van der Waals surface area contributed by atoms with Crippen LogP contribution in [0.1, 0.15) is 12.0 Å². The first-order valence-electron chi connectivity index (χ1n) is 9.93. The minimum absolute atomic E-state index is 0. The molecule has 0 bridgehead atoms. The Labute approximate surface area is 185 Å². The molecular weight excluding hydrogens is 469 g/mol. The number of ether oxygens (including phenoxy) is 1. The number of hydrogen-bond donors (Lipinski definition) is 2. The van der Waals surface area contributed by atoms with Gasteiger partial charge in [-0.2, -0.15) is 0 Å². The van der Waals surface area contributed by atoms with Crippen LogP contribution in [0.4, 0.5) is 5.82 Å². The number of morpholine rings is 1. The summed E-state index contributed by atoms with van der Waals surface area (Å²) in [6.07, 6.45) is 2.96. The van der Waals surface area contributed by atoms with Crippen molar-refractivity contribution in [3.05, 3.63) is 23.9 Å². The maximum atomic E-state index is 5.97. The molecule has 9 heteroatoms. The average molecular weight is 503 g/mol. The van der Waals surface area contributed by atoms with Crippen LogP contribution in [0, 0.1) is 0 Å². The monoisotopic (exact) mass is 503 g/mol. The van der Waals surface area contributed by atoms with Crippen molar-refractivity contribution in [3.63, 3.8) is 0 Å². The molecular formula is C19H34IN7O. The lowest BCUT2D eigenvalue weighted by Gasteiger charge is -2.33. The van der Waals surface area contributed by atoms with E-state index in [0.717, 1.165) is 83.4 Å². The minimum Gasteiger partial charge on any atom is -0.379 e. The van der Waals surface area contributed by atoms with Gasteiger partial charge in [-0.1, -0.05) is 6.07 Å². The van der Waals surface area contributed by atoms with Crippen molar-refractivity contribution in [1.29, 1.82) is 0 Å². The van der Waals surface area contributed by atoms with E-state index in [0.29, 0.717) is 12.5 Å². The zero-order valence-corrected chi connectivity index (χ0v) is 19.2. The molecule has 3 rings (SSSR count). The molecule has 2 fully saturated rings. The number of likely N-dealkylation sites (N-methyl/N-ethyl adjacent to an activating group) is 1. The second-order valence-electron chi connectivity index (χ2n) is 7.25. The summed E-state index contributed by atoms with van der Waals surface area (Å²) in [7, 11) is 2.16. The van der Waals surface area contributed by atoms with Crippen LogP contribution in [-0.4, -0.2) is 93.4 Å². The fourth-order valence-electron chi connectivity index (χ4n) is 3.31. The zero-order valence-electron chi connectivity index (χ0n) is 16.8. The number of halogens is 1. The van der Waals surface area contributed by atoms with Crippen LogP contribution in [0.25, 0.3) is 0 Å². The highest BCUT2D eigenvalue weighted by atomic mass is 127. The molecule has 3 heterocycles. The van der Waals surface area contributed by atoms with E-state index in [1.165, 1.54) is 0 Å². The summed E-state index contributed by atoms with van der Waals surface area (Å²) < 4.78 is 5.36. The third-order valence-corrected chi connectivity index (χ3v) is 5.13. The van der Waals surface area contributed by atoms with E-state index in [1.54, 1.807) is 0 Å². The van der Waals surface area contributed by atoms with Crippen LogP contribution in [0.5, 0.6) is 0 Å². The summed E-state index contributed by atoms with van der Waals surface area (Å²) in [6, 6.07) is 4.18. The average Bonchev–Trinajstić information content (AvgIpc) is 2.71. The van der Waals surface area contributed by atoms with Crippen LogP contribution in [-0.2, 0) is 11.3 Å². The Morgan fingerprint density at radius 1 is 1.18 bits per heavy atom. The van der Waals surface area contributed by atoms with Crippen LogP contribution >= 0.6 is 24.0 Å². The highest BCUT2D eigenvalue weighted by Gasteiger charge is 2.14. The fourth-order valence-corrected chi connectivity index (χ4v) is 3.31. The molecule has 0 atom stereocenters. The first-order chi connectivity index (χ1) is 13.2. The molecule has 28 heavy (non-hydrogen) atoms. The maximum absolute atomic E-state index is 5.97. The Balaban J connectivity index is 0.00000280. The van der Waals surface area contributed by atoms with Gasteiger partial charge in [0, 0.05) is 52.0 Å². The summed E-state index contributed by atoms with van der Waals surface area (Å²) >= 11 is 0. The molecule has 3 N–H and O–H groups in total. The summed E-state index contributed by atoms with van der Waals surface area (Å²) in [5.74, 6) is 1.55. The number of nitrogens with one attached hydrogen (secondary N) is 1. The van der Waals surface area contributed by atoms with Gasteiger partial charge in [0.25, 0.3) is 0 Å².